The minimum absolute atomic E-state index is 0.157. The molecule has 1 aliphatic carbocycles. The minimum atomic E-state index is -0.157. The van der Waals surface area contributed by atoms with Crippen molar-refractivity contribution in [2.45, 2.75) is 42.1 Å². The Balaban J connectivity index is 1.74. The van der Waals surface area contributed by atoms with Crippen molar-refractivity contribution in [1.29, 1.82) is 0 Å². The molecule has 104 valence electrons. The van der Waals surface area contributed by atoms with E-state index in [1.165, 1.54) is 18.4 Å². The van der Waals surface area contributed by atoms with Crippen molar-refractivity contribution < 1.29 is 4.39 Å². The van der Waals surface area contributed by atoms with Crippen molar-refractivity contribution >= 4 is 11.8 Å². The fourth-order valence-electron chi connectivity index (χ4n) is 2.15. The Labute approximate surface area is 123 Å². The molecule has 0 spiro atoms. The molecule has 0 amide bonds. The second-order valence-corrected chi connectivity index (χ2v) is 6.52. The lowest BCUT2D eigenvalue weighted by Crippen LogP contribution is -2.15. The average Bonchev–Trinajstić information content (AvgIpc) is 3.20. The molecule has 1 saturated carbocycles. The van der Waals surface area contributed by atoms with Crippen LogP contribution in [0.5, 0.6) is 0 Å². The Hall–Kier alpha value is -1.32. The molecule has 0 atom stereocenters. The summed E-state index contributed by atoms with van der Waals surface area (Å²) in [5.74, 6) is -0.157. The van der Waals surface area contributed by atoms with Crippen LogP contribution in [0.3, 0.4) is 0 Å². The number of hydrogen-bond acceptors (Lipinski definition) is 2. The van der Waals surface area contributed by atoms with E-state index in [0.717, 1.165) is 21.9 Å². The molecule has 0 aromatic heterocycles. The number of halogens is 1. The minimum Gasteiger partial charge on any atom is -0.310 e. The van der Waals surface area contributed by atoms with Gasteiger partial charge in [0, 0.05) is 22.4 Å². The van der Waals surface area contributed by atoms with Gasteiger partial charge in [-0.2, -0.15) is 0 Å². The summed E-state index contributed by atoms with van der Waals surface area (Å²) in [6.07, 6.45) is 2.50. The van der Waals surface area contributed by atoms with Crippen molar-refractivity contribution in [2.75, 3.05) is 0 Å². The fraction of sp³-hybridized carbons (Fsp3) is 0.294. The summed E-state index contributed by atoms with van der Waals surface area (Å²) in [4.78, 5) is 2.11. The molecule has 0 saturated heterocycles. The molecule has 0 aliphatic heterocycles. The Morgan fingerprint density at radius 1 is 1.15 bits per heavy atom. The third-order valence-corrected chi connectivity index (χ3v) is 4.29. The maximum absolute atomic E-state index is 13.7. The molecule has 1 aliphatic rings. The van der Waals surface area contributed by atoms with E-state index in [9.17, 15) is 4.39 Å². The number of benzene rings is 2. The molecular weight excluding hydrogens is 269 g/mol. The fourth-order valence-corrected chi connectivity index (χ4v) is 3.19. The third-order valence-electron chi connectivity index (χ3n) is 3.33. The zero-order chi connectivity index (χ0) is 13.9. The normalized spacial score (nSPS) is 14.5. The van der Waals surface area contributed by atoms with Gasteiger partial charge >= 0.3 is 0 Å². The molecular formula is C17H18FNS. The van der Waals surface area contributed by atoms with E-state index in [1.807, 2.05) is 6.07 Å². The van der Waals surface area contributed by atoms with Gasteiger partial charge in [0.25, 0.3) is 0 Å². The van der Waals surface area contributed by atoms with Gasteiger partial charge < -0.3 is 5.32 Å². The molecule has 1 nitrogen and oxygen atoms in total. The Morgan fingerprint density at radius 2 is 2.00 bits per heavy atom. The van der Waals surface area contributed by atoms with Gasteiger partial charge in [0.1, 0.15) is 5.82 Å². The van der Waals surface area contributed by atoms with Gasteiger partial charge in [-0.05, 0) is 55.7 Å². The van der Waals surface area contributed by atoms with Crippen LogP contribution >= 0.6 is 11.8 Å². The van der Waals surface area contributed by atoms with Crippen LogP contribution in [0.2, 0.25) is 0 Å². The number of aryl methyl sites for hydroxylation is 1. The SMILES string of the molecule is Cc1cccc(Sc2cc(F)cc(CNC3CC3)c2)c1. The highest BCUT2D eigenvalue weighted by molar-refractivity contribution is 7.99. The van der Waals surface area contributed by atoms with Crippen LogP contribution < -0.4 is 5.32 Å². The zero-order valence-corrected chi connectivity index (χ0v) is 12.3. The molecule has 2 aromatic rings. The molecule has 0 radical (unpaired) electrons. The molecule has 3 heteroatoms. The molecule has 20 heavy (non-hydrogen) atoms. The molecule has 0 unspecified atom stereocenters. The van der Waals surface area contributed by atoms with Crippen molar-refractivity contribution in [2.24, 2.45) is 0 Å². The summed E-state index contributed by atoms with van der Waals surface area (Å²) in [5.41, 5.74) is 2.24. The first-order chi connectivity index (χ1) is 9.69. The molecule has 0 bridgehead atoms. The second-order valence-electron chi connectivity index (χ2n) is 5.37. The Morgan fingerprint density at radius 3 is 2.75 bits per heavy atom. The van der Waals surface area contributed by atoms with Gasteiger partial charge in [-0.15, -0.1) is 0 Å². The summed E-state index contributed by atoms with van der Waals surface area (Å²) in [6, 6.07) is 14.2. The van der Waals surface area contributed by atoms with Gasteiger partial charge in [-0.25, -0.2) is 4.39 Å². The van der Waals surface area contributed by atoms with Gasteiger partial charge in [0.15, 0.2) is 0 Å². The van der Waals surface area contributed by atoms with Crippen molar-refractivity contribution in [1.82, 2.24) is 5.32 Å². The highest BCUT2D eigenvalue weighted by Gasteiger charge is 2.20. The predicted molar refractivity (Wildman–Crippen MR) is 81.6 cm³/mol. The number of hydrogen-bond donors (Lipinski definition) is 1. The van der Waals surface area contributed by atoms with E-state index in [4.69, 9.17) is 0 Å². The Kier molecular flexibility index (Phi) is 4.08. The third kappa shape index (κ3) is 3.84. The van der Waals surface area contributed by atoms with Crippen LogP contribution in [-0.4, -0.2) is 6.04 Å². The first-order valence-electron chi connectivity index (χ1n) is 6.96. The van der Waals surface area contributed by atoms with Gasteiger partial charge in [-0.3, -0.25) is 0 Å². The van der Waals surface area contributed by atoms with Crippen LogP contribution in [0.1, 0.15) is 24.0 Å². The largest absolute Gasteiger partial charge is 0.310 e. The lowest BCUT2D eigenvalue weighted by molar-refractivity contribution is 0.615. The molecule has 1 N–H and O–H groups in total. The molecule has 2 aromatic carbocycles. The van der Waals surface area contributed by atoms with E-state index in [-0.39, 0.29) is 5.82 Å². The molecule has 0 heterocycles. The lowest BCUT2D eigenvalue weighted by Gasteiger charge is -2.07. The number of rotatable bonds is 5. The summed E-state index contributed by atoms with van der Waals surface area (Å²) < 4.78 is 13.7. The van der Waals surface area contributed by atoms with Gasteiger partial charge in [0.2, 0.25) is 0 Å². The zero-order valence-electron chi connectivity index (χ0n) is 11.5. The highest BCUT2D eigenvalue weighted by atomic mass is 32.2. The lowest BCUT2D eigenvalue weighted by atomic mass is 10.2. The standard InChI is InChI=1S/C17H18FNS/c1-12-3-2-4-16(7-12)20-17-9-13(8-14(18)10-17)11-19-15-5-6-15/h2-4,7-10,15,19H,5-6,11H2,1H3. The smallest absolute Gasteiger partial charge is 0.124 e. The summed E-state index contributed by atoms with van der Waals surface area (Å²) in [7, 11) is 0. The van der Waals surface area contributed by atoms with Gasteiger partial charge in [-0.1, -0.05) is 29.5 Å². The first kappa shape index (κ1) is 13.7. The van der Waals surface area contributed by atoms with Gasteiger partial charge in [0.05, 0.1) is 0 Å². The molecule has 1 fully saturated rings. The van der Waals surface area contributed by atoms with Crippen LogP contribution in [0.15, 0.2) is 52.3 Å². The number of nitrogens with one attached hydrogen (secondary N) is 1. The van der Waals surface area contributed by atoms with Crippen LogP contribution in [0.25, 0.3) is 0 Å². The Bertz CT molecular complexity index is 608. The summed E-state index contributed by atoms with van der Waals surface area (Å²) >= 11 is 1.61. The van der Waals surface area contributed by atoms with Crippen molar-refractivity contribution in [3.63, 3.8) is 0 Å². The van der Waals surface area contributed by atoms with E-state index < -0.39 is 0 Å². The van der Waals surface area contributed by atoms with Crippen molar-refractivity contribution in [3.8, 4) is 0 Å². The quantitative estimate of drug-likeness (QED) is 0.866. The average molecular weight is 287 g/mol. The highest BCUT2D eigenvalue weighted by Crippen LogP contribution is 2.29. The monoisotopic (exact) mass is 287 g/mol. The van der Waals surface area contributed by atoms with Crippen LogP contribution in [0.4, 0.5) is 4.39 Å². The second kappa shape index (κ2) is 5.98. The van der Waals surface area contributed by atoms with Crippen molar-refractivity contribution in [3.05, 3.63) is 59.4 Å². The molecule has 3 rings (SSSR count). The first-order valence-corrected chi connectivity index (χ1v) is 7.78. The topological polar surface area (TPSA) is 12.0 Å². The van der Waals surface area contributed by atoms with E-state index in [1.54, 1.807) is 23.9 Å². The van der Waals surface area contributed by atoms with Crippen LogP contribution in [-0.2, 0) is 6.54 Å². The predicted octanol–water partition coefficient (Wildman–Crippen LogP) is 4.54. The maximum atomic E-state index is 13.7. The van der Waals surface area contributed by atoms with Crippen LogP contribution in [0, 0.1) is 12.7 Å². The van der Waals surface area contributed by atoms with E-state index >= 15 is 0 Å². The summed E-state index contributed by atoms with van der Waals surface area (Å²) in [5, 5.41) is 3.42. The maximum Gasteiger partial charge on any atom is 0.124 e. The van der Waals surface area contributed by atoms with E-state index in [0.29, 0.717) is 6.04 Å². The van der Waals surface area contributed by atoms with E-state index in [2.05, 4.69) is 36.5 Å². The summed E-state index contributed by atoms with van der Waals surface area (Å²) in [6.45, 7) is 2.82.